The van der Waals surface area contributed by atoms with E-state index in [1.54, 1.807) is 0 Å². The van der Waals surface area contributed by atoms with Crippen molar-refractivity contribution in [2.24, 2.45) is 0 Å². The van der Waals surface area contributed by atoms with Crippen molar-refractivity contribution in [2.75, 3.05) is 30.4 Å². The third-order valence-corrected chi connectivity index (χ3v) is 4.58. The summed E-state index contributed by atoms with van der Waals surface area (Å²) in [5.41, 5.74) is 2.48. The van der Waals surface area contributed by atoms with Gasteiger partial charge in [-0.2, -0.15) is 0 Å². The lowest BCUT2D eigenvalue weighted by Gasteiger charge is -2.28. The lowest BCUT2D eigenvalue weighted by atomic mass is 9.98. The maximum Gasteiger partial charge on any atom is 0.319 e. The lowest BCUT2D eigenvalue weighted by molar-refractivity contribution is 0.0354. The summed E-state index contributed by atoms with van der Waals surface area (Å²) in [5.74, 6) is 0. The number of nitrogens with zero attached hydrogens (tertiary/aromatic N) is 1. The van der Waals surface area contributed by atoms with Gasteiger partial charge in [-0.1, -0.05) is 13.8 Å². The summed E-state index contributed by atoms with van der Waals surface area (Å²) in [6, 6.07) is 5.74. The van der Waals surface area contributed by atoms with Gasteiger partial charge in [-0.15, -0.1) is 0 Å². The van der Waals surface area contributed by atoms with Gasteiger partial charge in [-0.05, 0) is 49.4 Å². The Bertz CT molecular complexity index is 527. The summed E-state index contributed by atoms with van der Waals surface area (Å²) in [6.07, 6.45) is 3.42. The minimum absolute atomic E-state index is 0.263. The molecule has 0 bridgehead atoms. The van der Waals surface area contributed by atoms with Crippen LogP contribution in [0.25, 0.3) is 0 Å². The van der Waals surface area contributed by atoms with Crippen LogP contribution < -0.4 is 15.5 Å². The third kappa shape index (κ3) is 3.91. The third-order valence-electron chi connectivity index (χ3n) is 4.58. The minimum Gasteiger partial charge on any atom is -0.388 e. The smallest absolute Gasteiger partial charge is 0.319 e. The van der Waals surface area contributed by atoms with Gasteiger partial charge in [0.2, 0.25) is 0 Å². The van der Waals surface area contributed by atoms with Crippen molar-refractivity contribution >= 4 is 17.4 Å². The van der Waals surface area contributed by atoms with Gasteiger partial charge < -0.3 is 20.6 Å². The summed E-state index contributed by atoms with van der Waals surface area (Å²) in [4.78, 5) is 14.2. The summed E-state index contributed by atoms with van der Waals surface area (Å²) in [7, 11) is 2.09. The molecule has 1 heterocycles. The fourth-order valence-electron chi connectivity index (χ4n) is 2.78. The molecule has 1 aliphatic rings. The largest absolute Gasteiger partial charge is 0.388 e. The Morgan fingerprint density at radius 1 is 1.36 bits per heavy atom. The highest BCUT2D eigenvalue weighted by atomic mass is 16.3. The number of hydrogen-bond acceptors (Lipinski definition) is 3. The van der Waals surface area contributed by atoms with Crippen LogP contribution in [0.1, 0.15) is 38.7 Å². The van der Waals surface area contributed by atoms with Gasteiger partial charge in [0.25, 0.3) is 0 Å². The number of carbonyl (C=O) groups is 1. The number of nitrogens with one attached hydrogen (secondary N) is 2. The fraction of sp³-hybridized carbons (Fsp3) is 0.588. The quantitative estimate of drug-likeness (QED) is 0.784. The summed E-state index contributed by atoms with van der Waals surface area (Å²) >= 11 is 0. The Hall–Kier alpha value is -1.75. The Kier molecular flexibility index (Phi) is 5.29. The van der Waals surface area contributed by atoms with E-state index in [2.05, 4.69) is 28.6 Å². The first-order chi connectivity index (χ1) is 10.5. The summed E-state index contributed by atoms with van der Waals surface area (Å²) in [5, 5.41) is 15.8. The normalized spacial score (nSPS) is 14.5. The van der Waals surface area contributed by atoms with Crippen molar-refractivity contribution in [3.63, 3.8) is 0 Å². The van der Waals surface area contributed by atoms with E-state index >= 15 is 0 Å². The molecule has 3 N–H and O–H groups in total. The zero-order valence-electron chi connectivity index (χ0n) is 13.8. The van der Waals surface area contributed by atoms with E-state index in [9.17, 15) is 9.90 Å². The molecule has 0 saturated carbocycles. The lowest BCUT2D eigenvalue weighted by Crippen LogP contribution is -2.43. The van der Waals surface area contributed by atoms with E-state index in [0.29, 0.717) is 12.8 Å². The molecule has 0 spiro atoms. The van der Waals surface area contributed by atoms with Crippen molar-refractivity contribution < 1.29 is 9.90 Å². The molecule has 0 unspecified atom stereocenters. The Balaban J connectivity index is 1.95. The number of fused-ring (bicyclic) bond motifs is 1. The van der Waals surface area contributed by atoms with E-state index in [-0.39, 0.29) is 12.6 Å². The molecule has 0 saturated heterocycles. The van der Waals surface area contributed by atoms with Gasteiger partial charge in [0, 0.05) is 31.5 Å². The number of benzene rings is 1. The van der Waals surface area contributed by atoms with Crippen LogP contribution in [0.4, 0.5) is 16.2 Å². The zero-order valence-corrected chi connectivity index (χ0v) is 13.8. The second-order valence-corrected chi connectivity index (χ2v) is 6.11. The average Bonchev–Trinajstić information content (AvgIpc) is 2.53. The molecular formula is C17H27N3O2. The second kappa shape index (κ2) is 7.01. The van der Waals surface area contributed by atoms with Crippen molar-refractivity contribution in [3.8, 4) is 0 Å². The van der Waals surface area contributed by atoms with Crippen LogP contribution in [0.15, 0.2) is 18.2 Å². The monoisotopic (exact) mass is 305 g/mol. The van der Waals surface area contributed by atoms with Crippen LogP contribution in [0.2, 0.25) is 0 Å². The fourth-order valence-corrected chi connectivity index (χ4v) is 2.78. The van der Waals surface area contributed by atoms with Gasteiger partial charge >= 0.3 is 6.03 Å². The summed E-state index contributed by atoms with van der Waals surface area (Å²) < 4.78 is 0. The number of hydrogen-bond donors (Lipinski definition) is 3. The van der Waals surface area contributed by atoms with Crippen molar-refractivity contribution in [1.29, 1.82) is 0 Å². The number of aryl methyl sites for hydroxylation is 1. The Morgan fingerprint density at radius 2 is 2.09 bits per heavy atom. The Morgan fingerprint density at radius 3 is 2.77 bits per heavy atom. The van der Waals surface area contributed by atoms with E-state index in [4.69, 9.17) is 0 Å². The van der Waals surface area contributed by atoms with E-state index in [1.165, 1.54) is 11.3 Å². The van der Waals surface area contributed by atoms with Gasteiger partial charge in [0.15, 0.2) is 0 Å². The molecule has 0 atom stereocenters. The van der Waals surface area contributed by atoms with Crippen LogP contribution in [-0.2, 0) is 6.42 Å². The number of anilines is 2. The zero-order chi connectivity index (χ0) is 16.2. The number of aliphatic hydroxyl groups is 1. The van der Waals surface area contributed by atoms with E-state index in [0.717, 1.165) is 25.1 Å². The van der Waals surface area contributed by atoms with Gasteiger partial charge in [-0.3, -0.25) is 0 Å². The number of carbonyl (C=O) groups excluding carboxylic acids is 1. The number of amides is 2. The van der Waals surface area contributed by atoms with E-state index in [1.807, 2.05) is 26.0 Å². The number of rotatable bonds is 5. The highest BCUT2D eigenvalue weighted by Gasteiger charge is 2.22. The van der Waals surface area contributed by atoms with Crippen LogP contribution in [0, 0.1) is 0 Å². The Labute approximate surface area is 132 Å². The molecule has 5 nitrogen and oxygen atoms in total. The first-order valence-corrected chi connectivity index (χ1v) is 8.08. The van der Waals surface area contributed by atoms with Crippen LogP contribution >= 0.6 is 0 Å². The molecule has 5 heteroatoms. The summed E-state index contributed by atoms with van der Waals surface area (Å²) in [6.45, 7) is 5.18. The molecular weight excluding hydrogens is 278 g/mol. The SMILES string of the molecule is CCC(O)(CC)CNC(=O)Nc1ccc2c(c1)CCCN2C. The van der Waals surface area contributed by atoms with E-state index < -0.39 is 5.60 Å². The van der Waals surface area contributed by atoms with Crippen molar-refractivity contribution in [2.45, 2.75) is 45.1 Å². The standard InChI is InChI=1S/C17H27N3O2/c1-4-17(22,5-2)12-18-16(21)19-14-8-9-15-13(11-14)7-6-10-20(15)3/h8-9,11,22H,4-7,10,12H2,1-3H3,(H2,18,19,21). The first-order valence-electron chi connectivity index (χ1n) is 8.08. The first kappa shape index (κ1) is 16.6. The minimum atomic E-state index is -0.824. The number of urea groups is 1. The van der Waals surface area contributed by atoms with Crippen LogP contribution in [-0.4, -0.2) is 36.9 Å². The maximum atomic E-state index is 12.0. The maximum absolute atomic E-state index is 12.0. The average molecular weight is 305 g/mol. The highest BCUT2D eigenvalue weighted by Crippen LogP contribution is 2.28. The topological polar surface area (TPSA) is 64.6 Å². The molecule has 0 fully saturated rings. The molecule has 0 aromatic heterocycles. The predicted molar refractivity (Wildman–Crippen MR) is 90.6 cm³/mol. The van der Waals surface area contributed by atoms with Crippen LogP contribution in [0.3, 0.4) is 0 Å². The molecule has 1 aliphatic heterocycles. The molecule has 22 heavy (non-hydrogen) atoms. The second-order valence-electron chi connectivity index (χ2n) is 6.11. The van der Waals surface area contributed by atoms with Crippen molar-refractivity contribution in [3.05, 3.63) is 23.8 Å². The molecule has 2 amide bonds. The molecule has 0 aliphatic carbocycles. The molecule has 0 radical (unpaired) electrons. The van der Waals surface area contributed by atoms with Gasteiger partial charge in [0.05, 0.1) is 5.60 Å². The molecule has 122 valence electrons. The highest BCUT2D eigenvalue weighted by molar-refractivity contribution is 5.89. The van der Waals surface area contributed by atoms with Crippen molar-refractivity contribution in [1.82, 2.24) is 5.32 Å². The molecule has 1 aromatic carbocycles. The molecule has 1 aromatic rings. The van der Waals surface area contributed by atoms with Gasteiger partial charge in [0.1, 0.15) is 0 Å². The molecule has 2 rings (SSSR count). The van der Waals surface area contributed by atoms with Crippen LogP contribution in [0.5, 0.6) is 0 Å². The van der Waals surface area contributed by atoms with Gasteiger partial charge in [-0.25, -0.2) is 4.79 Å². The predicted octanol–water partition coefficient (Wildman–Crippen LogP) is 2.74.